The molecule has 0 amide bonds. The Hall–Kier alpha value is -1.97. The summed E-state index contributed by atoms with van der Waals surface area (Å²) in [4.78, 5) is 11.4. The van der Waals surface area contributed by atoms with Crippen LogP contribution in [0, 0.1) is 0 Å². The van der Waals surface area contributed by atoms with Gasteiger partial charge in [0.2, 0.25) is 0 Å². The number of nitrogens with two attached hydrogens (primary N) is 1. The first-order valence-electron chi connectivity index (χ1n) is 5.73. The van der Waals surface area contributed by atoms with Crippen LogP contribution in [0.25, 0.3) is 11.6 Å². The van der Waals surface area contributed by atoms with Crippen molar-refractivity contribution in [3.05, 3.63) is 63.6 Å². The number of anilines is 1. The van der Waals surface area contributed by atoms with E-state index in [1.165, 1.54) is 6.08 Å². The van der Waals surface area contributed by atoms with Crippen molar-refractivity contribution in [2.75, 3.05) is 5.73 Å². The Morgan fingerprint density at radius 3 is 2.45 bits per heavy atom. The minimum atomic E-state index is -1.06. The number of rotatable bonds is 3. The molecule has 0 aliphatic carbocycles. The maximum Gasteiger partial charge on any atom is 0.336 e. The lowest BCUT2D eigenvalue weighted by molar-refractivity contribution is -0.130. The molecule has 0 radical (unpaired) electrons. The third-order valence-corrected chi connectivity index (χ3v) is 3.18. The summed E-state index contributed by atoms with van der Waals surface area (Å²) in [5.74, 6) is -1.06. The Labute approximate surface area is 126 Å². The van der Waals surface area contributed by atoms with Crippen molar-refractivity contribution in [3.8, 4) is 0 Å². The summed E-state index contributed by atoms with van der Waals surface area (Å²) in [6.45, 7) is 0. The minimum Gasteiger partial charge on any atom is -0.478 e. The molecule has 3 nitrogen and oxygen atoms in total. The lowest BCUT2D eigenvalue weighted by Crippen LogP contribution is -2.00. The number of benzene rings is 2. The van der Waals surface area contributed by atoms with E-state index in [2.05, 4.69) is 0 Å². The van der Waals surface area contributed by atoms with E-state index in [4.69, 9.17) is 28.9 Å². The van der Waals surface area contributed by atoms with Gasteiger partial charge in [-0.2, -0.15) is 0 Å². The van der Waals surface area contributed by atoms with E-state index in [1.54, 1.807) is 42.5 Å². The summed E-state index contributed by atoms with van der Waals surface area (Å²) >= 11 is 11.8. The highest BCUT2D eigenvalue weighted by molar-refractivity contribution is 6.32. The number of carboxylic acids is 1. The fraction of sp³-hybridized carbons (Fsp3) is 0. The average Bonchev–Trinajstić information content (AvgIpc) is 2.39. The van der Waals surface area contributed by atoms with Crippen LogP contribution in [0.1, 0.15) is 11.1 Å². The van der Waals surface area contributed by atoms with E-state index in [1.807, 2.05) is 0 Å². The maximum absolute atomic E-state index is 11.4. The normalized spacial score (nSPS) is 11.4. The van der Waals surface area contributed by atoms with E-state index in [0.29, 0.717) is 26.9 Å². The van der Waals surface area contributed by atoms with Crippen molar-refractivity contribution in [3.63, 3.8) is 0 Å². The number of hydrogen-bond acceptors (Lipinski definition) is 2. The molecule has 0 atom stereocenters. The summed E-state index contributed by atoms with van der Waals surface area (Å²) in [5.41, 5.74) is 7.43. The average molecular weight is 308 g/mol. The molecule has 0 heterocycles. The number of carboxylic acid groups (broad SMARTS) is 1. The van der Waals surface area contributed by atoms with Crippen LogP contribution in [-0.2, 0) is 4.79 Å². The van der Waals surface area contributed by atoms with E-state index in [-0.39, 0.29) is 5.57 Å². The highest BCUT2D eigenvalue weighted by Gasteiger charge is 2.12. The Morgan fingerprint density at radius 1 is 1.10 bits per heavy atom. The monoisotopic (exact) mass is 307 g/mol. The van der Waals surface area contributed by atoms with Crippen molar-refractivity contribution in [2.45, 2.75) is 0 Å². The standard InChI is InChI=1S/C15H11Cl2NO2/c16-11-3-1-2-9(6-11)13(15(19)20)8-10-7-12(17)4-5-14(10)18/h1-8H,18H2,(H,19,20)/b13-8+. The zero-order valence-electron chi connectivity index (χ0n) is 10.3. The minimum absolute atomic E-state index is 0.0986. The van der Waals surface area contributed by atoms with Crippen LogP contribution >= 0.6 is 23.2 Å². The molecule has 0 saturated heterocycles. The molecule has 5 heteroatoms. The van der Waals surface area contributed by atoms with Crippen molar-refractivity contribution < 1.29 is 9.90 Å². The van der Waals surface area contributed by atoms with E-state index >= 15 is 0 Å². The van der Waals surface area contributed by atoms with Crippen molar-refractivity contribution in [2.24, 2.45) is 0 Å². The second-order valence-corrected chi connectivity index (χ2v) is 5.02. The van der Waals surface area contributed by atoms with Gasteiger partial charge in [-0.1, -0.05) is 35.3 Å². The maximum atomic E-state index is 11.4. The molecule has 0 unspecified atom stereocenters. The van der Waals surface area contributed by atoms with Gasteiger partial charge in [-0.15, -0.1) is 0 Å². The first kappa shape index (κ1) is 14.4. The zero-order chi connectivity index (χ0) is 14.7. The van der Waals surface area contributed by atoms with Gasteiger partial charge in [0.15, 0.2) is 0 Å². The second kappa shape index (κ2) is 5.99. The van der Waals surface area contributed by atoms with Crippen LogP contribution in [0.3, 0.4) is 0 Å². The predicted octanol–water partition coefficient (Wildman–Crippen LogP) is 4.20. The lowest BCUT2D eigenvalue weighted by atomic mass is 10.0. The van der Waals surface area contributed by atoms with Crippen molar-refractivity contribution >= 4 is 46.5 Å². The Morgan fingerprint density at radius 2 is 1.80 bits per heavy atom. The van der Waals surface area contributed by atoms with Gasteiger partial charge < -0.3 is 10.8 Å². The fourth-order valence-electron chi connectivity index (χ4n) is 1.75. The van der Waals surface area contributed by atoms with Crippen LogP contribution in [0.15, 0.2) is 42.5 Å². The topological polar surface area (TPSA) is 63.3 Å². The number of halogens is 2. The Kier molecular flexibility index (Phi) is 4.32. The van der Waals surface area contributed by atoms with Gasteiger partial charge in [0.1, 0.15) is 0 Å². The molecule has 0 bridgehead atoms. The van der Waals surface area contributed by atoms with Gasteiger partial charge in [0.05, 0.1) is 5.57 Å². The smallest absolute Gasteiger partial charge is 0.336 e. The summed E-state index contributed by atoms with van der Waals surface area (Å²) in [6, 6.07) is 11.5. The molecule has 20 heavy (non-hydrogen) atoms. The Balaban J connectivity index is 2.56. The van der Waals surface area contributed by atoms with E-state index in [9.17, 15) is 9.90 Å². The second-order valence-electron chi connectivity index (χ2n) is 4.15. The predicted molar refractivity (Wildman–Crippen MR) is 82.8 cm³/mol. The molecular formula is C15H11Cl2NO2. The summed E-state index contributed by atoms with van der Waals surface area (Å²) in [5, 5.41) is 10.3. The fourth-order valence-corrected chi connectivity index (χ4v) is 2.12. The molecule has 0 aliphatic rings. The van der Waals surface area contributed by atoms with Gasteiger partial charge >= 0.3 is 5.97 Å². The highest BCUT2D eigenvalue weighted by Crippen LogP contribution is 2.25. The number of aliphatic carboxylic acids is 1. The highest BCUT2D eigenvalue weighted by atomic mass is 35.5. The lowest BCUT2D eigenvalue weighted by Gasteiger charge is -2.06. The molecule has 2 rings (SSSR count). The SMILES string of the molecule is Nc1ccc(Cl)cc1/C=C(/C(=O)O)c1cccc(Cl)c1. The molecule has 0 aliphatic heterocycles. The van der Waals surface area contributed by atoms with Crippen LogP contribution in [-0.4, -0.2) is 11.1 Å². The number of carbonyl (C=O) groups is 1. The molecule has 0 aromatic heterocycles. The third-order valence-electron chi connectivity index (χ3n) is 2.71. The van der Waals surface area contributed by atoms with Gasteiger partial charge in [-0.25, -0.2) is 4.79 Å². The largest absolute Gasteiger partial charge is 0.478 e. The van der Waals surface area contributed by atoms with Crippen LogP contribution in [0.5, 0.6) is 0 Å². The van der Waals surface area contributed by atoms with Crippen LogP contribution in [0.2, 0.25) is 10.0 Å². The summed E-state index contributed by atoms with van der Waals surface area (Å²) in [6.07, 6.45) is 1.48. The quantitative estimate of drug-likeness (QED) is 0.507. The van der Waals surface area contributed by atoms with Gasteiger partial charge in [0.25, 0.3) is 0 Å². The molecule has 0 spiro atoms. The summed E-state index contributed by atoms with van der Waals surface area (Å²) in [7, 11) is 0. The molecule has 0 fully saturated rings. The van der Waals surface area contributed by atoms with Crippen molar-refractivity contribution in [1.29, 1.82) is 0 Å². The third kappa shape index (κ3) is 3.32. The van der Waals surface area contributed by atoms with Crippen LogP contribution < -0.4 is 5.73 Å². The number of hydrogen-bond donors (Lipinski definition) is 2. The van der Waals surface area contributed by atoms with Gasteiger partial charge in [0, 0.05) is 15.7 Å². The molecule has 0 saturated carbocycles. The number of nitrogen functional groups attached to an aromatic ring is 1. The van der Waals surface area contributed by atoms with Gasteiger partial charge in [-0.3, -0.25) is 0 Å². The van der Waals surface area contributed by atoms with Gasteiger partial charge in [-0.05, 0) is 47.5 Å². The first-order valence-corrected chi connectivity index (χ1v) is 6.49. The summed E-state index contributed by atoms with van der Waals surface area (Å²) < 4.78 is 0. The van der Waals surface area contributed by atoms with E-state index in [0.717, 1.165) is 0 Å². The first-order chi connectivity index (χ1) is 9.47. The zero-order valence-corrected chi connectivity index (χ0v) is 11.8. The molecular weight excluding hydrogens is 297 g/mol. The van der Waals surface area contributed by atoms with Crippen LogP contribution in [0.4, 0.5) is 5.69 Å². The molecule has 2 aromatic carbocycles. The molecule has 102 valence electrons. The molecule has 2 aromatic rings. The molecule has 3 N–H and O–H groups in total. The van der Waals surface area contributed by atoms with Crippen molar-refractivity contribution in [1.82, 2.24) is 0 Å². The Bertz CT molecular complexity index is 696. The van der Waals surface area contributed by atoms with E-state index < -0.39 is 5.97 Å².